The zero-order valence-corrected chi connectivity index (χ0v) is 18.6. The first-order chi connectivity index (χ1) is 11.4. The number of guanidine groups is 1. The predicted molar refractivity (Wildman–Crippen MR) is 115 cm³/mol. The monoisotopic (exact) mass is 466 g/mol. The predicted octanol–water partition coefficient (Wildman–Crippen LogP) is 2.70. The summed E-state index contributed by atoms with van der Waals surface area (Å²) in [5.74, 6) is 2.05. The van der Waals surface area contributed by atoms with Crippen LogP contribution < -0.4 is 10.6 Å². The summed E-state index contributed by atoms with van der Waals surface area (Å²) in [7, 11) is 0. The number of nitrogens with zero attached hydrogens (tertiary/aromatic N) is 2. The van der Waals surface area contributed by atoms with Crippen LogP contribution in [0.1, 0.15) is 45.6 Å². The highest BCUT2D eigenvalue weighted by Gasteiger charge is 2.26. The van der Waals surface area contributed by atoms with E-state index in [1.165, 1.54) is 0 Å². The lowest BCUT2D eigenvalue weighted by molar-refractivity contribution is 0.0428. The number of furan rings is 1. The second-order valence-corrected chi connectivity index (χ2v) is 6.19. The molecule has 6 nitrogen and oxygen atoms in total. The van der Waals surface area contributed by atoms with E-state index in [0.29, 0.717) is 5.76 Å². The third kappa shape index (κ3) is 8.91. The molecule has 3 N–H and O–H groups in total. The van der Waals surface area contributed by atoms with Crippen molar-refractivity contribution in [3.63, 3.8) is 0 Å². The lowest BCUT2D eigenvalue weighted by atomic mass is 10.0. The molecule has 146 valence electrons. The first-order valence-electron chi connectivity index (χ1n) is 8.96. The van der Waals surface area contributed by atoms with E-state index in [1.54, 1.807) is 13.0 Å². The van der Waals surface area contributed by atoms with Gasteiger partial charge in [-0.2, -0.15) is 0 Å². The van der Waals surface area contributed by atoms with Crippen LogP contribution in [0.3, 0.4) is 0 Å². The summed E-state index contributed by atoms with van der Waals surface area (Å²) in [6.07, 6.45) is 1.06. The molecule has 0 aliphatic heterocycles. The van der Waals surface area contributed by atoms with E-state index in [-0.39, 0.29) is 30.5 Å². The number of nitrogens with one attached hydrogen (secondary N) is 2. The van der Waals surface area contributed by atoms with Crippen molar-refractivity contribution in [2.75, 3.05) is 39.3 Å². The Morgan fingerprint density at radius 1 is 1.24 bits per heavy atom. The lowest BCUT2D eigenvalue weighted by Crippen LogP contribution is -2.40. The van der Waals surface area contributed by atoms with E-state index in [0.717, 1.165) is 50.9 Å². The molecule has 7 heteroatoms. The number of halogens is 1. The zero-order chi connectivity index (χ0) is 18.0. The molecule has 0 radical (unpaired) electrons. The van der Waals surface area contributed by atoms with Crippen LogP contribution in [0, 0.1) is 6.92 Å². The molecular formula is C18H35IN4O2. The van der Waals surface area contributed by atoms with Crippen molar-refractivity contribution in [1.82, 2.24) is 15.5 Å². The van der Waals surface area contributed by atoms with Crippen molar-refractivity contribution in [1.29, 1.82) is 0 Å². The highest BCUT2D eigenvalue weighted by atomic mass is 127. The van der Waals surface area contributed by atoms with E-state index >= 15 is 0 Å². The maximum absolute atomic E-state index is 10.6. The van der Waals surface area contributed by atoms with Crippen LogP contribution in [0.4, 0.5) is 0 Å². The summed E-state index contributed by atoms with van der Waals surface area (Å²) < 4.78 is 5.52. The summed E-state index contributed by atoms with van der Waals surface area (Å²) in [4.78, 5) is 6.90. The highest BCUT2D eigenvalue weighted by Crippen LogP contribution is 2.22. The molecular weight excluding hydrogens is 431 g/mol. The van der Waals surface area contributed by atoms with Crippen LogP contribution in [0.5, 0.6) is 0 Å². The average Bonchev–Trinajstić information content (AvgIpc) is 3.00. The van der Waals surface area contributed by atoms with Crippen LogP contribution >= 0.6 is 24.0 Å². The molecule has 1 aromatic rings. The molecule has 1 unspecified atom stereocenters. The SMILES string of the molecule is CCNC(=NCC(C)(O)c1ccc(C)o1)NCCCN(CC)CC.I. The van der Waals surface area contributed by atoms with Gasteiger partial charge < -0.3 is 25.1 Å². The van der Waals surface area contributed by atoms with Gasteiger partial charge in [0.05, 0.1) is 6.54 Å². The molecule has 1 aromatic heterocycles. The molecule has 0 aromatic carbocycles. The lowest BCUT2D eigenvalue weighted by Gasteiger charge is -2.20. The fourth-order valence-corrected chi connectivity index (χ4v) is 2.43. The maximum Gasteiger partial charge on any atom is 0.191 e. The molecule has 0 amide bonds. The fourth-order valence-electron chi connectivity index (χ4n) is 2.43. The summed E-state index contributed by atoms with van der Waals surface area (Å²) in [6.45, 7) is 15.1. The van der Waals surface area contributed by atoms with Crippen LogP contribution in [-0.4, -0.2) is 55.2 Å². The Morgan fingerprint density at radius 3 is 2.44 bits per heavy atom. The number of hydrogen-bond acceptors (Lipinski definition) is 4. The van der Waals surface area contributed by atoms with Crippen molar-refractivity contribution in [2.24, 2.45) is 4.99 Å². The van der Waals surface area contributed by atoms with Gasteiger partial charge in [0.1, 0.15) is 17.1 Å². The summed E-state index contributed by atoms with van der Waals surface area (Å²) >= 11 is 0. The quantitative estimate of drug-likeness (QED) is 0.214. The Hall–Kier alpha value is -0.800. The molecule has 0 aliphatic rings. The summed E-state index contributed by atoms with van der Waals surface area (Å²) in [5.41, 5.74) is -1.11. The van der Waals surface area contributed by atoms with E-state index < -0.39 is 5.60 Å². The van der Waals surface area contributed by atoms with Crippen LogP contribution in [-0.2, 0) is 5.60 Å². The number of aliphatic hydroxyl groups is 1. The molecule has 0 bridgehead atoms. The van der Waals surface area contributed by atoms with Crippen LogP contribution in [0.2, 0.25) is 0 Å². The van der Waals surface area contributed by atoms with Gasteiger partial charge in [0.25, 0.3) is 0 Å². The molecule has 0 fully saturated rings. The van der Waals surface area contributed by atoms with Gasteiger partial charge in [0.2, 0.25) is 0 Å². The van der Waals surface area contributed by atoms with Crippen molar-refractivity contribution in [2.45, 2.75) is 46.6 Å². The van der Waals surface area contributed by atoms with Crippen molar-refractivity contribution in [3.8, 4) is 0 Å². The Bertz CT molecular complexity index is 499. The zero-order valence-electron chi connectivity index (χ0n) is 16.3. The van der Waals surface area contributed by atoms with Crippen molar-refractivity contribution in [3.05, 3.63) is 23.7 Å². The molecule has 1 atom stereocenters. The first-order valence-corrected chi connectivity index (χ1v) is 8.96. The second-order valence-electron chi connectivity index (χ2n) is 6.19. The van der Waals surface area contributed by atoms with Gasteiger partial charge in [-0.1, -0.05) is 13.8 Å². The highest BCUT2D eigenvalue weighted by molar-refractivity contribution is 14.0. The smallest absolute Gasteiger partial charge is 0.191 e. The van der Waals surface area contributed by atoms with Gasteiger partial charge in [-0.25, -0.2) is 4.99 Å². The normalized spacial score (nSPS) is 14.1. The van der Waals surface area contributed by atoms with Gasteiger partial charge in [-0.05, 0) is 59.0 Å². The van der Waals surface area contributed by atoms with Crippen molar-refractivity contribution < 1.29 is 9.52 Å². The third-order valence-corrected chi connectivity index (χ3v) is 4.00. The van der Waals surface area contributed by atoms with Crippen LogP contribution in [0.25, 0.3) is 0 Å². The molecule has 0 saturated carbocycles. The topological polar surface area (TPSA) is 73.0 Å². The number of rotatable bonds is 10. The number of aliphatic imine (C=N–C) groups is 1. The number of hydrogen-bond donors (Lipinski definition) is 3. The third-order valence-electron chi connectivity index (χ3n) is 4.00. The Kier molecular flexibility index (Phi) is 12.1. The Balaban J connectivity index is 0.00000576. The average molecular weight is 466 g/mol. The van der Waals surface area contributed by atoms with Gasteiger partial charge in [-0.15, -0.1) is 24.0 Å². The molecule has 25 heavy (non-hydrogen) atoms. The van der Waals surface area contributed by atoms with E-state index in [1.807, 2.05) is 19.9 Å². The van der Waals surface area contributed by atoms with Gasteiger partial charge in [0, 0.05) is 13.1 Å². The van der Waals surface area contributed by atoms with Gasteiger partial charge >= 0.3 is 0 Å². The van der Waals surface area contributed by atoms with Crippen LogP contribution in [0.15, 0.2) is 21.5 Å². The molecule has 1 rings (SSSR count). The standard InChI is InChI=1S/C18H34N4O2.HI/c1-6-19-17(20-12-9-13-22(7-2)8-3)21-14-18(5,23)16-11-10-15(4)24-16;/h10-11,23H,6-9,12-14H2,1-5H3,(H2,19,20,21);1H. The Labute approximate surface area is 169 Å². The minimum absolute atomic E-state index is 0. The number of aryl methyl sites for hydroxylation is 1. The largest absolute Gasteiger partial charge is 0.463 e. The maximum atomic E-state index is 10.6. The fraction of sp³-hybridized carbons (Fsp3) is 0.722. The Morgan fingerprint density at radius 2 is 1.92 bits per heavy atom. The minimum atomic E-state index is -1.11. The van der Waals surface area contributed by atoms with Gasteiger partial charge in [-0.3, -0.25) is 0 Å². The summed E-state index contributed by atoms with van der Waals surface area (Å²) in [6, 6.07) is 3.65. The first kappa shape index (κ1) is 24.2. The molecule has 0 aliphatic carbocycles. The van der Waals surface area contributed by atoms with E-state index in [2.05, 4.69) is 34.4 Å². The van der Waals surface area contributed by atoms with Crippen molar-refractivity contribution >= 4 is 29.9 Å². The van der Waals surface area contributed by atoms with Gasteiger partial charge in [0.15, 0.2) is 5.96 Å². The minimum Gasteiger partial charge on any atom is -0.463 e. The second kappa shape index (κ2) is 12.5. The van der Waals surface area contributed by atoms with E-state index in [9.17, 15) is 5.11 Å². The molecule has 1 heterocycles. The molecule has 0 spiro atoms. The molecule has 0 saturated heterocycles. The van der Waals surface area contributed by atoms with E-state index in [4.69, 9.17) is 4.42 Å². The summed E-state index contributed by atoms with van der Waals surface area (Å²) in [5, 5.41) is 17.1.